The van der Waals surface area contributed by atoms with Gasteiger partial charge in [0.1, 0.15) is 5.69 Å². The van der Waals surface area contributed by atoms with Gasteiger partial charge in [-0.05, 0) is 56.7 Å². The molecular weight excluding hydrogens is 450 g/mol. The van der Waals surface area contributed by atoms with E-state index in [1.807, 2.05) is 37.8 Å². The normalized spacial score (nSPS) is 13.6. The van der Waals surface area contributed by atoms with Crippen LogP contribution >= 0.6 is 0 Å². The number of hydrogen-bond acceptors (Lipinski definition) is 7. The lowest BCUT2D eigenvalue weighted by Gasteiger charge is -2.36. The molecular formula is C25H29N5O5. The summed E-state index contributed by atoms with van der Waals surface area (Å²) in [6, 6.07) is 10.5. The van der Waals surface area contributed by atoms with Crippen LogP contribution in [-0.4, -0.2) is 65.9 Å². The van der Waals surface area contributed by atoms with Crippen molar-refractivity contribution >= 4 is 17.3 Å². The summed E-state index contributed by atoms with van der Waals surface area (Å²) in [5.74, 6) is 1.07. The second-order valence-corrected chi connectivity index (χ2v) is 8.58. The highest BCUT2D eigenvalue weighted by molar-refractivity contribution is 5.95. The average Bonchev–Trinajstić information content (AvgIpc) is 3.20. The van der Waals surface area contributed by atoms with Crippen molar-refractivity contribution in [2.75, 3.05) is 45.3 Å². The van der Waals surface area contributed by atoms with Crippen molar-refractivity contribution in [3.63, 3.8) is 0 Å². The molecule has 0 saturated carbocycles. The number of ether oxygens (including phenoxy) is 2. The third-order valence-electron chi connectivity index (χ3n) is 6.24. The van der Waals surface area contributed by atoms with E-state index in [1.165, 1.54) is 6.07 Å². The largest absolute Gasteiger partial charge is 0.493 e. The number of benzene rings is 2. The van der Waals surface area contributed by atoms with E-state index >= 15 is 0 Å². The summed E-state index contributed by atoms with van der Waals surface area (Å²) in [6.07, 6.45) is 0. The van der Waals surface area contributed by atoms with Gasteiger partial charge < -0.3 is 19.3 Å². The molecule has 4 rings (SSSR count). The minimum Gasteiger partial charge on any atom is -0.493 e. The first-order chi connectivity index (χ1) is 16.7. The second-order valence-electron chi connectivity index (χ2n) is 8.58. The number of carbonyl (C=O) groups excluding carboxylic acids is 1. The van der Waals surface area contributed by atoms with Crippen LogP contribution in [0.15, 0.2) is 36.4 Å². The maximum Gasteiger partial charge on any atom is 0.295 e. The lowest BCUT2D eigenvalue weighted by Crippen LogP contribution is -2.48. The highest BCUT2D eigenvalue weighted by Crippen LogP contribution is 2.33. The Morgan fingerprint density at radius 3 is 2.29 bits per heavy atom. The predicted molar refractivity (Wildman–Crippen MR) is 132 cm³/mol. The molecule has 184 valence electrons. The number of rotatable bonds is 6. The predicted octanol–water partition coefficient (Wildman–Crippen LogP) is 3.69. The molecule has 1 amide bonds. The van der Waals surface area contributed by atoms with Crippen LogP contribution < -0.4 is 14.4 Å². The molecule has 10 heteroatoms. The van der Waals surface area contributed by atoms with E-state index in [1.54, 1.807) is 37.1 Å². The Morgan fingerprint density at radius 2 is 1.71 bits per heavy atom. The summed E-state index contributed by atoms with van der Waals surface area (Å²) >= 11 is 0. The molecule has 1 aliphatic rings. The average molecular weight is 480 g/mol. The molecule has 1 saturated heterocycles. The molecule has 2 aromatic carbocycles. The molecule has 0 spiro atoms. The number of aryl methyl sites for hydroxylation is 3. The molecule has 1 fully saturated rings. The van der Waals surface area contributed by atoms with Crippen LogP contribution in [0.3, 0.4) is 0 Å². The highest BCUT2D eigenvalue weighted by atomic mass is 16.6. The molecule has 0 N–H and O–H groups in total. The lowest BCUT2D eigenvalue weighted by molar-refractivity contribution is -0.384. The van der Waals surface area contributed by atoms with Gasteiger partial charge in [0.25, 0.3) is 11.6 Å². The zero-order valence-corrected chi connectivity index (χ0v) is 20.6. The molecule has 0 aliphatic carbocycles. The number of piperazine rings is 1. The topological polar surface area (TPSA) is 103 Å². The zero-order chi connectivity index (χ0) is 25.3. The number of anilines is 1. The van der Waals surface area contributed by atoms with Gasteiger partial charge in [-0.3, -0.25) is 14.9 Å². The summed E-state index contributed by atoms with van der Waals surface area (Å²) in [5, 5.41) is 16.1. The molecule has 0 unspecified atom stereocenters. The number of nitro benzene ring substituents is 1. The van der Waals surface area contributed by atoms with Gasteiger partial charge in [0, 0.05) is 49.2 Å². The van der Waals surface area contributed by atoms with Crippen LogP contribution in [0.25, 0.3) is 5.69 Å². The number of amides is 1. The van der Waals surface area contributed by atoms with Crippen molar-refractivity contribution in [3.8, 4) is 17.2 Å². The van der Waals surface area contributed by atoms with Gasteiger partial charge >= 0.3 is 0 Å². The standard InChI is InChI=1S/C25H29N5O5/c1-16-12-19(14-23(34-4)24(16)35-5)25(31)28-10-8-27(9-11-28)20-6-7-21(30(32)33)22(15-20)29-18(3)13-17(2)26-29/h6-7,12-15H,8-11H2,1-5H3. The van der Waals surface area contributed by atoms with Gasteiger partial charge in [-0.2, -0.15) is 5.10 Å². The Hall–Kier alpha value is -4.08. The number of nitro groups is 1. The fourth-order valence-corrected chi connectivity index (χ4v) is 4.53. The van der Waals surface area contributed by atoms with Crippen molar-refractivity contribution in [3.05, 3.63) is 69.0 Å². The van der Waals surface area contributed by atoms with Crippen molar-refractivity contribution in [2.45, 2.75) is 20.8 Å². The smallest absolute Gasteiger partial charge is 0.295 e. The van der Waals surface area contributed by atoms with E-state index in [-0.39, 0.29) is 11.6 Å². The summed E-state index contributed by atoms with van der Waals surface area (Å²) in [6.45, 7) is 7.87. The van der Waals surface area contributed by atoms with Gasteiger partial charge in [-0.1, -0.05) is 0 Å². The fraction of sp³-hybridized carbons (Fsp3) is 0.360. The van der Waals surface area contributed by atoms with Crippen LogP contribution in [0.1, 0.15) is 27.3 Å². The molecule has 35 heavy (non-hydrogen) atoms. The Kier molecular flexibility index (Phi) is 6.63. The van der Waals surface area contributed by atoms with E-state index in [4.69, 9.17) is 9.47 Å². The number of nitrogens with zero attached hydrogens (tertiary/aromatic N) is 5. The third-order valence-corrected chi connectivity index (χ3v) is 6.24. The van der Waals surface area contributed by atoms with Crippen LogP contribution in [0.2, 0.25) is 0 Å². The maximum absolute atomic E-state index is 13.2. The quantitative estimate of drug-likeness (QED) is 0.392. The Balaban J connectivity index is 1.54. The maximum atomic E-state index is 13.2. The Bertz CT molecular complexity index is 1280. The molecule has 3 aromatic rings. The number of carbonyl (C=O) groups is 1. The van der Waals surface area contributed by atoms with E-state index in [9.17, 15) is 14.9 Å². The Morgan fingerprint density at radius 1 is 1.00 bits per heavy atom. The van der Waals surface area contributed by atoms with Gasteiger partial charge in [-0.15, -0.1) is 0 Å². The van der Waals surface area contributed by atoms with E-state index in [2.05, 4.69) is 10.00 Å². The highest BCUT2D eigenvalue weighted by Gasteiger charge is 2.26. The zero-order valence-electron chi connectivity index (χ0n) is 20.6. The van der Waals surface area contributed by atoms with Crippen LogP contribution in [0, 0.1) is 30.9 Å². The first kappa shape index (κ1) is 24.1. The number of methoxy groups -OCH3 is 2. The van der Waals surface area contributed by atoms with Crippen LogP contribution in [0.5, 0.6) is 11.5 Å². The summed E-state index contributed by atoms with van der Waals surface area (Å²) in [5.41, 5.74) is 4.28. The van der Waals surface area contributed by atoms with E-state index in [0.29, 0.717) is 48.9 Å². The van der Waals surface area contributed by atoms with Crippen molar-refractivity contribution < 1.29 is 19.2 Å². The summed E-state index contributed by atoms with van der Waals surface area (Å²) < 4.78 is 12.4. The van der Waals surface area contributed by atoms with Crippen molar-refractivity contribution in [1.82, 2.24) is 14.7 Å². The van der Waals surface area contributed by atoms with Gasteiger partial charge in [0.2, 0.25) is 0 Å². The molecule has 0 bridgehead atoms. The van der Waals surface area contributed by atoms with E-state index in [0.717, 1.165) is 22.6 Å². The molecule has 1 aromatic heterocycles. The first-order valence-corrected chi connectivity index (χ1v) is 11.3. The third kappa shape index (κ3) is 4.64. The molecule has 0 radical (unpaired) electrons. The van der Waals surface area contributed by atoms with Gasteiger partial charge in [0.05, 0.1) is 24.8 Å². The molecule has 2 heterocycles. The number of hydrogen-bond donors (Lipinski definition) is 0. The summed E-state index contributed by atoms with van der Waals surface area (Å²) in [4.78, 5) is 28.4. The van der Waals surface area contributed by atoms with E-state index < -0.39 is 4.92 Å². The number of aromatic nitrogens is 2. The monoisotopic (exact) mass is 479 g/mol. The minimum atomic E-state index is -0.392. The van der Waals surface area contributed by atoms with Gasteiger partial charge in [0.15, 0.2) is 11.5 Å². The first-order valence-electron chi connectivity index (χ1n) is 11.3. The lowest BCUT2D eigenvalue weighted by atomic mass is 10.1. The SMILES string of the molecule is COc1cc(C(=O)N2CCN(c3ccc([N+](=O)[O-])c(-n4nc(C)cc4C)c3)CC2)cc(C)c1OC. The molecule has 1 aliphatic heterocycles. The fourth-order valence-electron chi connectivity index (χ4n) is 4.53. The molecule has 10 nitrogen and oxygen atoms in total. The minimum absolute atomic E-state index is 0.00223. The van der Waals surface area contributed by atoms with Crippen molar-refractivity contribution in [2.24, 2.45) is 0 Å². The van der Waals surface area contributed by atoms with Gasteiger partial charge in [-0.25, -0.2) is 4.68 Å². The van der Waals surface area contributed by atoms with Crippen molar-refractivity contribution in [1.29, 1.82) is 0 Å². The molecule has 0 atom stereocenters. The van der Waals surface area contributed by atoms with Crippen LogP contribution in [-0.2, 0) is 0 Å². The Labute approximate surface area is 203 Å². The second kappa shape index (κ2) is 9.65. The summed E-state index contributed by atoms with van der Waals surface area (Å²) in [7, 11) is 3.12. The van der Waals surface area contributed by atoms with Crippen LogP contribution in [0.4, 0.5) is 11.4 Å².